The van der Waals surface area contributed by atoms with Crippen LogP contribution in [-0.2, 0) is 34.3 Å². The standard InChI is InChI=1S/C62H71N9O6S/c1-38-43(44-26-28-53(64-56(44)59(75)77-61(2,3)4)70-32-30-40-14-10-16-45(48(40)36-70)57(73)66-60-63-49-17-8-9-19-52(49)78-60)15-11-18-51(38)76-42-23-20-39(21-24-42)13-12-31-69-33-34-71(62(5,6)37-69)41-22-25-46-50(35-41)68(7)67-55(46)47-27-29-54(72)65-58(47)74/h8-11,14-19,22,25-26,28,35,39,42,47H,12-13,20-21,23-24,27,29-34,36-37H2,1-7H3,(H,63,66,73)(H,65,72,74)/t39-,42-,47?. The summed E-state index contributed by atoms with van der Waals surface area (Å²) >= 11 is 1.45. The Morgan fingerprint density at radius 3 is 2.46 bits per heavy atom. The predicted octanol–water partition coefficient (Wildman–Crippen LogP) is 11.2. The van der Waals surface area contributed by atoms with Gasteiger partial charge in [-0.3, -0.25) is 34.6 Å². The third kappa shape index (κ3) is 11.1. The van der Waals surface area contributed by atoms with Crippen molar-refractivity contribution in [2.45, 2.75) is 129 Å². The highest BCUT2D eigenvalue weighted by Gasteiger charge is 2.36. The summed E-state index contributed by atoms with van der Waals surface area (Å²) in [6, 6.07) is 30.2. The number of aryl methyl sites for hydroxylation is 1. The van der Waals surface area contributed by atoms with Crippen LogP contribution in [0.25, 0.3) is 32.2 Å². The lowest BCUT2D eigenvalue weighted by molar-refractivity contribution is -0.134. The zero-order chi connectivity index (χ0) is 54.5. The molecule has 15 nitrogen and oxygen atoms in total. The second-order valence-electron chi connectivity index (χ2n) is 23.4. The number of ether oxygens (including phenoxy) is 2. The van der Waals surface area contributed by atoms with Crippen LogP contribution >= 0.6 is 11.3 Å². The third-order valence-corrected chi connectivity index (χ3v) is 17.3. The van der Waals surface area contributed by atoms with E-state index in [4.69, 9.17) is 19.6 Å². The molecule has 0 spiro atoms. The fourth-order valence-electron chi connectivity index (χ4n) is 12.3. The van der Waals surface area contributed by atoms with Crippen molar-refractivity contribution < 1.29 is 28.7 Å². The lowest BCUT2D eigenvalue weighted by atomic mass is 9.84. The molecule has 16 heteroatoms. The minimum absolute atomic E-state index is 0.0771. The van der Waals surface area contributed by atoms with Crippen molar-refractivity contribution in [1.29, 1.82) is 0 Å². The fraction of sp³-hybridized carbons (Fsp3) is 0.435. The van der Waals surface area contributed by atoms with Gasteiger partial charge >= 0.3 is 5.97 Å². The van der Waals surface area contributed by atoms with Crippen molar-refractivity contribution in [2.75, 3.05) is 47.8 Å². The Balaban J connectivity index is 0.703. The van der Waals surface area contributed by atoms with Crippen LogP contribution in [0.15, 0.2) is 91.0 Å². The second-order valence-corrected chi connectivity index (χ2v) is 24.4. The molecule has 0 radical (unpaired) electrons. The molecule has 0 bridgehead atoms. The first kappa shape index (κ1) is 52.9. The predicted molar refractivity (Wildman–Crippen MR) is 308 cm³/mol. The maximum Gasteiger partial charge on any atom is 0.358 e. The first-order valence-corrected chi connectivity index (χ1v) is 28.6. The topological polar surface area (TPSA) is 164 Å². The summed E-state index contributed by atoms with van der Waals surface area (Å²) in [6.07, 6.45) is 8.27. The first-order valence-electron chi connectivity index (χ1n) is 27.8. The normalized spacial score (nSPS) is 19.9. The van der Waals surface area contributed by atoms with Crippen molar-refractivity contribution >= 4 is 72.8 Å². The van der Waals surface area contributed by atoms with Crippen LogP contribution in [0.1, 0.15) is 135 Å². The lowest BCUT2D eigenvalue weighted by Gasteiger charge is -2.48. The van der Waals surface area contributed by atoms with E-state index in [0.717, 1.165) is 112 Å². The van der Waals surface area contributed by atoms with Gasteiger partial charge in [0.1, 0.15) is 17.2 Å². The number of benzene rings is 4. The molecule has 406 valence electrons. The number of nitrogens with zero attached hydrogens (tertiary/aromatic N) is 7. The number of aromatic nitrogens is 4. The van der Waals surface area contributed by atoms with E-state index in [0.29, 0.717) is 60.3 Å². The summed E-state index contributed by atoms with van der Waals surface area (Å²) in [5.74, 6) is 0.530. The van der Waals surface area contributed by atoms with Gasteiger partial charge in [-0.2, -0.15) is 5.10 Å². The molecule has 3 amide bonds. The minimum atomic E-state index is -0.735. The minimum Gasteiger partial charge on any atom is -0.490 e. The number of imide groups is 1. The molecule has 3 fully saturated rings. The molecule has 2 N–H and O–H groups in total. The quantitative estimate of drug-likeness (QED) is 0.0831. The first-order chi connectivity index (χ1) is 37.4. The maximum absolute atomic E-state index is 14.2. The van der Waals surface area contributed by atoms with Crippen molar-refractivity contribution in [3.05, 3.63) is 125 Å². The van der Waals surface area contributed by atoms with E-state index < -0.39 is 17.5 Å². The van der Waals surface area contributed by atoms with Crippen molar-refractivity contribution in [2.24, 2.45) is 13.0 Å². The van der Waals surface area contributed by atoms with E-state index >= 15 is 0 Å². The molecule has 3 aliphatic heterocycles. The monoisotopic (exact) mass is 1070 g/mol. The van der Waals surface area contributed by atoms with Crippen LogP contribution in [0.4, 0.5) is 16.6 Å². The van der Waals surface area contributed by atoms with Gasteiger partial charge in [-0.15, -0.1) is 0 Å². The fourth-order valence-corrected chi connectivity index (χ4v) is 13.2. The number of amides is 3. The van der Waals surface area contributed by atoms with Gasteiger partial charge < -0.3 is 19.3 Å². The number of hydrogen-bond donors (Lipinski definition) is 2. The number of rotatable bonds is 13. The highest BCUT2D eigenvalue weighted by atomic mass is 32.1. The molecule has 4 aromatic carbocycles. The van der Waals surface area contributed by atoms with Gasteiger partial charge in [-0.25, -0.2) is 14.8 Å². The number of pyridine rings is 1. The number of piperidine rings is 1. The zero-order valence-electron chi connectivity index (χ0n) is 46.0. The van der Waals surface area contributed by atoms with Crippen LogP contribution in [0, 0.1) is 12.8 Å². The van der Waals surface area contributed by atoms with Gasteiger partial charge in [0, 0.05) is 73.9 Å². The van der Waals surface area contributed by atoms with Gasteiger partial charge in [0.15, 0.2) is 10.8 Å². The van der Waals surface area contributed by atoms with Gasteiger partial charge in [0.05, 0.1) is 33.4 Å². The Labute approximate surface area is 460 Å². The average Bonchev–Trinajstić information content (AvgIpc) is 4.16. The van der Waals surface area contributed by atoms with Gasteiger partial charge in [-0.1, -0.05) is 47.7 Å². The van der Waals surface area contributed by atoms with Gasteiger partial charge in [0.2, 0.25) is 11.8 Å². The number of hydrogen-bond acceptors (Lipinski definition) is 13. The van der Waals surface area contributed by atoms with Gasteiger partial charge in [0.25, 0.3) is 5.91 Å². The van der Waals surface area contributed by atoms with E-state index in [9.17, 15) is 19.2 Å². The molecule has 11 rings (SSSR count). The van der Waals surface area contributed by atoms with Gasteiger partial charge in [-0.05, 0) is 182 Å². The molecule has 2 saturated heterocycles. The molecular weight excluding hydrogens is 999 g/mol. The SMILES string of the molecule is Cc1c(O[C@H]2CC[C@H](CCCN3CCN(c4ccc5c(C6CCC(=O)NC6=O)nn(C)c5c4)C(C)(C)C3)CC2)cccc1-c1ccc(N2CCc3cccc(C(=O)Nc4nc5ccccc5s4)c3C2)nc1C(=O)OC(C)(C)C. The maximum atomic E-state index is 14.2. The molecule has 1 saturated carbocycles. The Hall–Kier alpha value is -7.17. The molecule has 3 aromatic heterocycles. The number of carbonyl (C=O) groups is 4. The Morgan fingerprint density at radius 1 is 0.872 bits per heavy atom. The summed E-state index contributed by atoms with van der Waals surface area (Å²) in [5, 5.41) is 11.8. The average molecular weight is 1070 g/mol. The molecule has 7 aromatic rings. The smallest absolute Gasteiger partial charge is 0.358 e. The summed E-state index contributed by atoms with van der Waals surface area (Å²) < 4.78 is 15.7. The van der Waals surface area contributed by atoms with Crippen LogP contribution in [-0.4, -0.2) is 98.3 Å². The number of fused-ring (bicyclic) bond motifs is 3. The van der Waals surface area contributed by atoms with E-state index in [-0.39, 0.29) is 35.1 Å². The van der Waals surface area contributed by atoms with Crippen LogP contribution in [0.3, 0.4) is 0 Å². The third-order valence-electron chi connectivity index (χ3n) is 16.3. The Kier molecular flexibility index (Phi) is 14.6. The van der Waals surface area contributed by atoms with Crippen LogP contribution < -0.4 is 25.2 Å². The number of thiazole rings is 1. The van der Waals surface area contributed by atoms with E-state index in [1.807, 2.05) is 99.2 Å². The molecule has 78 heavy (non-hydrogen) atoms. The lowest BCUT2D eigenvalue weighted by Crippen LogP contribution is -2.59. The van der Waals surface area contributed by atoms with Crippen molar-refractivity contribution in [3.8, 4) is 16.9 Å². The number of carbonyl (C=O) groups excluding carboxylic acids is 4. The van der Waals surface area contributed by atoms with Crippen LogP contribution in [0.2, 0.25) is 0 Å². The number of esters is 1. The number of para-hydroxylation sites is 1. The second kappa shape index (κ2) is 21.6. The van der Waals surface area contributed by atoms with E-state index in [2.05, 4.69) is 75.4 Å². The number of nitrogens with one attached hydrogen (secondary N) is 2. The Morgan fingerprint density at radius 2 is 1.68 bits per heavy atom. The molecule has 1 atom stereocenters. The molecule has 1 aliphatic carbocycles. The molecule has 1 unspecified atom stereocenters. The zero-order valence-corrected chi connectivity index (χ0v) is 46.8. The summed E-state index contributed by atoms with van der Waals surface area (Å²) in [5.41, 5.74) is 8.32. The summed E-state index contributed by atoms with van der Waals surface area (Å²) in [4.78, 5) is 69.5. The number of piperazine rings is 1. The summed E-state index contributed by atoms with van der Waals surface area (Å²) in [7, 11) is 1.93. The molecule has 6 heterocycles. The molecular formula is C62H71N9O6S. The highest BCUT2D eigenvalue weighted by molar-refractivity contribution is 7.22. The number of anilines is 3. The van der Waals surface area contributed by atoms with Crippen molar-refractivity contribution in [3.63, 3.8) is 0 Å². The highest BCUT2D eigenvalue weighted by Crippen LogP contribution is 2.39. The van der Waals surface area contributed by atoms with E-state index in [1.165, 1.54) is 24.2 Å². The largest absolute Gasteiger partial charge is 0.490 e. The van der Waals surface area contributed by atoms with Crippen LogP contribution in [0.5, 0.6) is 5.75 Å². The summed E-state index contributed by atoms with van der Waals surface area (Å²) in [6.45, 7) is 17.4. The van der Waals surface area contributed by atoms with Crippen molar-refractivity contribution in [1.82, 2.24) is 30.0 Å². The molecule has 4 aliphatic rings. The van der Waals surface area contributed by atoms with E-state index in [1.54, 1.807) is 0 Å². The Bertz CT molecular complexity index is 3410.